The van der Waals surface area contributed by atoms with Gasteiger partial charge in [0.05, 0.1) is 22.7 Å². The van der Waals surface area contributed by atoms with Gasteiger partial charge in [0, 0.05) is 11.8 Å². The van der Waals surface area contributed by atoms with Crippen molar-refractivity contribution in [3.63, 3.8) is 0 Å². The second-order valence-electron chi connectivity index (χ2n) is 4.37. The first-order valence-electron chi connectivity index (χ1n) is 5.56. The molecule has 0 amide bonds. The average Bonchev–Trinajstić information content (AvgIpc) is 2.70. The van der Waals surface area contributed by atoms with Crippen molar-refractivity contribution in [2.75, 3.05) is 0 Å². The summed E-state index contributed by atoms with van der Waals surface area (Å²) in [4.78, 5) is 10.8. The molecule has 0 bridgehead atoms. The predicted octanol–water partition coefficient (Wildman–Crippen LogP) is 2.84. The number of aromatic nitrogens is 2. The maximum atomic E-state index is 12.6. The molecule has 102 valence electrons. The van der Waals surface area contributed by atoms with E-state index in [9.17, 15) is 18.0 Å². The number of carbonyl (C=O) groups is 1. The number of rotatable bonds is 3. The number of nitrogens with one attached hydrogen (secondary N) is 1. The van der Waals surface area contributed by atoms with E-state index < -0.39 is 23.6 Å². The van der Waals surface area contributed by atoms with Crippen LogP contribution in [-0.2, 0) is 17.4 Å². The number of carboxylic acids is 1. The Labute approximate surface area is 106 Å². The lowest BCUT2D eigenvalue weighted by Crippen LogP contribution is -2.12. The summed E-state index contributed by atoms with van der Waals surface area (Å²) >= 11 is 0. The Kier molecular flexibility index (Phi) is 3.21. The Balaban J connectivity index is 2.43. The fourth-order valence-electron chi connectivity index (χ4n) is 1.78. The normalized spacial score (nSPS) is 13.7. The number of hydrogen-bond donors (Lipinski definition) is 2. The van der Waals surface area contributed by atoms with E-state index in [1.807, 2.05) is 0 Å². The molecule has 1 aromatic carbocycles. The minimum absolute atomic E-state index is 0.0800. The van der Waals surface area contributed by atoms with Crippen molar-refractivity contribution < 1.29 is 23.1 Å². The number of hydrogen-bond acceptors (Lipinski definition) is 2. The van der Waals surface area contributed by atoms with E-state index >= 15 is 0 Å². The Bertz CT molecular complexity index is 619. The molecule has 1 unspecified atom stereocenters. The van der Waals surface area contributed by atoms with Gasteiger partial charge in [0.2, 0.25) is 0 Å². The molecular formula is C12H11F3N2O2. The highest BCUT2D eigenvalue weighted by molar-refractivity contribution is 5.83. The molecule has 0 saturated carbocycles. The SMILES string of the molecule is CC(Cc1n[nH]c2ccc(C(F)(F)F)cc12)C(=O)O. The first-order chi connectivity index (χ1) is 8.79. The predicted molar refractivity (Wildman–Crippen MR) is 61.6 cm³/mol. The zero-order valence-electron chi connectivity index (χ0n) is 9.95. The van der Waals surface area contributed by atoms with Gasteiger partial charge in [0.25, 0.3) is 0 Å². The Morgan fingerprint density at radius 1 is 1.47 bits per heavy atom. The molecule has 4 nitrogen and oxygen atoms in total. The fourth-order valence-corrected chi connectivity index (χ4v) is 1.78. The van der Waals surface area contributed by atoms with Gasteiger partial charge < -0.3 is 5.11 Å². The van der Waals surface area contributed by atoms with E-state index in [1.165, 1.54) is 13.0 Å². The van der Waals surface area contributed by atoms with Crippen LogP contribution in [-0.4, -0.2) is 21.3 Å². The van der Waals surface area contributed by atoms with Gasteiger partial charge in [0.1, 0.15) is 0 Å². The molecule has 1 atom stereocenters. The lowest BCUT2D eigenvalue weighted by atomic mass is 10.0. The summed E-state index contributed by atoms with van der Waals surface area (Å²) < 4.78 is 37.9. The van der Waals surface area contributed by atoms with Crippen molar-refractivity contribution >= 4 is 16.9 Å². The average molecular weight is 272 g/mol. The molecule has 0 saturated heterocycles. The zero-order valence-corrected chi connectivity index (χ0v) is 9.95. The van der Waals surface area contributed by atoms with E-state index in [2.05, 4.69) is 10.2 Å². The summed E-state index contributed by atoms with van der Waals surface area (Å²) in [5.41, 5.74) is 0.0159. The summed E-state index contributed by atoms with van der Waals surface area (Å²) in [5, 5.41) is 15.6. The number of fused-ring (bicyclic) bond motifs is 1. The molecule has 7 heteroatoms. The van der Waals surface area contributed by atoms with Crippen LogP contribution in [0.1, 0.15) is 18.2 Å². The number of alkyl halides is 3. The molecule has 1 aromatic heterocycles. The molecule has 0 aliphatic heterocycles. The van der Waals surface area contributed by atoms with Crippen LogP contribution in [0.15, 0.2) is 18.2 Å². The van der Waals surface area contributed by atoms with E-state index in [-0.39, 0.29) is 6.42 Å². The maximum absolute atomic E-state index is 12.6. The number of halogens is 3. The molecular weight excluding hydrogens is 261 g/mol. The molecule has 0 spiro atoms. The minimum Gasteiger partial charge on any atom is -0.481 e. The van der Waals surface area contributed by atoms with Crippen molar-refractivity contribution in [3.05, 3.63) is 29.5 Å². The largest absolute Gasteiger partial charge is 0.481 e. The number of aromatic amines is 1. The number of nitrogens with zero attached hydrogens (tertiary/aromatic N) is 1. The van der Waals surface area contributed by atoms with Crippen molar-refractivity contribution in [1.82, 2.24) is 10.2 Å². The van der Waals surface area contributed by atoms with Gasteiger partial charge in [-0.05, 0) is 18.2 Å². The minimum atomic E-state index is -4.43. The zero-order chi connectivity index (χ0) is 14.2. The Morgan fingerprint density at radius 3 is 2.74 bits per heavy atom. The van der Waals surface area contributed by atoms with Gasteiger partial charge in [-0.2, -0.15) is 18.3 Å². The quantitative estimate of drug-likeness (QED) is 0.902. The summed E-state index contributed by atoms with van der Waals surface area (Å²) in [6.45, 7) is 1.48. The van der Waals surface area contributed by atoms with Crippen LogP contribution in [0.2, 0.25) is 0 Å². The van der Waals surface area contributed by atoms with Gasteiger partial charge in [-0.25, -0.2) is 0 Å². The highest BCUT2D eigenvalue weighted by atomic mass is 19.4. The van der Waals surface area contributed by atoms with Gasteiger partial charge in [0.15, 0.2) is 0 Å². The van der Waals surface area contributed by atoms with E-state index in [4.69, 9.17) is 5.11 Å². The van der Waals surface area contributed by atoms with Crippen LogP contribution in [0.3, 0.4) is 0 Å². The van der Waals surface area contributed by atoms with E-state index in [0.29, 0.717) is 16.6 Å². The highest BCUT2D eigenvalue weighted by Crippen LogP contribution is 2.32. The first-order valence-corrected chi connectivity index (χ1v) is 5.56. The molecule has 0 radical (unpaired) electrons. The number of benzene rings is 1. The summed E-state index contributed by atoms with van der Waals surface area (Å²) in [7, 11) is 0. The Hall–Kier alpha value is -2.05. The number of aliphatic carboxylic acids is 1. The second kappa shape index (κ2) is 4.56. The first kappa shape index (κ1) is 13.4. The lowest BCUT2D eigenvalue weighted by Gasteiger charge is -2.07. The van der Waals surface area contributed by atoms with Gasteiger partial charge in [-0.1, -0.05) is 6.92 Å². The van der Waals surface area contributed by atoms with Crippen molar-refractivity contribution in [3.8, 4) is 0 Å². The van der Waals surface area contributed by atoms with E-state index in [1.54, 1.807) is 0 Å². The number of H-pyrrole nitrogens is 1. The summed E-state index contributed by atoms with van der Waals surface area (Å²) in [6, 6.07) is 3.24. The van der Waals surface area contributed by atoms with Crippen molar-refractivity contribution in [1.29, 1.82) is 0 Å². The standard InChI is InChI=1S/C12H11F3N2O2/c1-6(11(18)19)4-10-8-5-7(12(13,14)15)2-3-9(8)16-17-10/h2-3,5-6H,4H2,1H3,(H,16,17)(H,18,19). The van der Waals surface area contributed by atoms with Crippen molar-refractivity contribution in [2.45, 2.75) is 19.5 Å². The van der Waals surface area contributed by atoms with Crippen LogP contribution in [0, 0.1) is 5.92 Å². The van der Waals surface area contributed by atoms with Gasteiger partial charge in [-0.15, -0.1) is 0 Å². The van der Waals surface area contributed by atoms with Crippen LogP contribution in [0.4, 0.5) is 13.2 Å². The third kappa shape index (κ3) is 2.69. The van der Waals surface area contributed by atoms with Gasteiger partial charge >= 0.3 is 12.1 Å². The monoisotopic (exact) mass is 272 g/mol. The van der Waals surface area contributed by atoms with Crippen molar-refractivity contribution in [2.24, 2.45) is 5.92 Å². The van der Waals surface area contributed by atoms with Gasteiger partial charge in [-0.3, -0.25) is 9.89 Å². The summed E-state index contributed by atoms with van der Waals surface area (Å²) in [6.07, 6.45) is -4.35. The van der Waals surface area contributed by atoms with Crippen LogP contribution in [0.25, 0.3) is 10.9 Å². The lowest BCUT2D eigenvalue weighted by molar-refractivity contribution is -0.141. The van der Waals surface area contributed by atoms with Crippen LogP contribution < -0.4 is 0 Å². The molecule has 2 rings (SSSR count). The highest BCUT2D eigenvalue weighted by Gasteiger charge is 2.31. The topological polar surface area (TPSA) is 66.0 Å². The second-order valence-corrected chi connectivity index (χ2v) is 4.37. The Morgan fingerprint density at radius 2 is 2.16 bits per heavy atom. The van der Waals surface area contributed by atoms with E-state index in [0.717, 1.165) is 12.1 Å². The molecule has 2 N–H and O–H groups in total. The summed E-state index contributed by atoms with van der Waals surface area (Å²) in [5.74, 6) is -1.72. The molecule has 2 aromatic rings. The fraction of sp³-hybridized carbons (Fsp3) is 0.333. The molecule has 0 fully saturated rings. The number of carboxylic acid groups (broad SMARTS) is 1. The molecule has 19 heavy (non-hydrogen) atoms. The van der Waals surface area contributed by atoms with Crippen LogP contribution >= 0.6 is 0 Å². The van der Waals surface area contributed by atoms with Crippen LogP contribution in [0.5, 0.6) is 0 Å². The third-order valence-corrected chi connectivity index (χ3v) is 2.89. The molecule has 0 aliphatic rings. The maximum Gasteiger partial charge on any atom is 0.416 e. The molecule has 1 heterocycles. The third-order valence-electron chi connectivity index (χ3n) is 2.89. The molecule has 0 aliphatic carbocycles. The smallest absolute Gasteiger partial charge is 0.416 e.